The standard InChI is InChI=1S/C11H17NO2/c1-3-11(2,12)9-6-4-5-8(7-13)10(9)14/h4-6,13-14H,3,7,12H2,1-2H3. The molecule has 1 atom stereocenters. The van der Waals surface area contributed by atoms with Gasteiger partial charge in [-0.05, 0) is 13.3 Å². The first-order valence-electron chi connectivity index (χ1n) is 4.74. The lowest BCUT2D eigenvalue weighted by Crippen LogP contribution is -2.32. The minimum absolute atomic E-state index is 0.113. The molecule has 0 aliphatic rings. The number of benzene rings is 1. The highest BCUT2D eigenvalue weighted by Gasteiger charge is 2.23. The van der Waals surface area contributed by atoms with Gasteiger partial charge in [-0.2, -0.15) is 0 Å². The summed E-state index contributed by atoms with van der Waals surface area (Å²) in [5.74, 6) is 0.113. The molecule has 1 aromatic carbocycles. The van der Waals surface area contributed by atoms with E-state index in [1.807, 2.05) is 13.8 Å². The van der Waals surface area contributed by atoms with Crippen LogP contribution in [0.15, 0.2) is 18.2 Å². The average Bonchev–Trinajstić information content (AvgIpc) is 2.18. The molecule has 0 aliphatic heterocycles. The number of aliphatic hydroxyl groups is 1. The molecule has 14 heavy (non-hydrogen) atoms. The van der Waals surface area contributed by atoms with Crippen LogP contribution in [0.1, 0.15) is 31.4 Å². The summed E-state index contributed by atoms with van der Waals surface area (Å²) in [6.07, 6.45) is 0.732. The summed E-state index contributed by atoms with van der Waals surface area (Å²) < 4.78 is 0. The molecular weight excluding hydrogens is 178 g/mol. The van der Waals surface area contributed by atoms with Gasteiger partial charge in [-0.3, -0.25) is 0 Å². The van der Waals surface area contributed by atoms with Crippen molar-refractivity contribution in [1.82, 2.24) is 0 Å². The van der Waals surface area contributed by atoms with Crippen LogP contribution in [0.2, 0.25) is 0 Å². The maximum atomic E-state index is 9.82. The fraction of sp³-hybridized carbons (Fsp3) is 0.455. The summed E-state index contributed by atoms with van der Waals surface area (Å²) in [4.78, 5) is 0. The Morgan fingerprint density at radius 2 is 2.07 bits per heavy atom. The van der Waals surface area contributed by atoms with Crippen molar-refractivity contribution in [2.24, 2.45) is 5.73 Å². The van der Waals surface area contributed by atoms with Gasteiger partial charge in [0.25, 0.3) is 0 Å². The molecule has 78 valence electrons. The van der Waals surface area contributed by atoms with E-state index in [1.165, 1.54) is 0 Å². The second-order valence-corrected chi connectivity index (χ2v) is 3.74. The van der Waals surface area contributed by atoms with Crippen molar-refractivity contribution in [3.63, 3.8) is 0 Å². The van der Waals surface area contributed by atoms with E-state index in [0.29, 0.717) is 11.1 Å². The van der Waals surface area contributed by atoms with Crippen LogP contribution in [-0.2, 0) is 12.1 Å². The molecule has 0 fully saturated rings. The molecule has 1 aromatic rings. The third-order valence-corrected chi connectivity index (χ3v) is 2.64. The highest BCUT2D eigenvalue weighted by molar-refractivity contribution is 5.43. The third kappa shape index (κ3) is 1.89. The molecule has 0 saturated heterocycles. The topological polar surface area (TPSA) is 66.5 Å². The molecule has 0 amide bonds. The van der Waals surface area contributed by atoms with Crippen molar-refractivity contribution in [1.29, 1.82) is 0 Å². The summed E-state index contributed by atoms with van der Waals surface area (Å²) in [5.41, 5.74) is 6.68. The molecular formula is C11H17NO2. The van der Waals surface area contributed by atoms with Gasteiger partial charge < -0.3 is 15.9 Å². The fourth-order valence-corrected chi connectivity index (χ4v) is 1.37. The maximum Gasteiger partial charge on any atom is 0.126 e. The van der Waals surface area contributed by atoms with Crippen molar-refractivity contribution in [2.45, 2.75) is 32.4 Å². The van der Waals surface area contributed by atoms with Crippen LogP contribution in [0, 0.1) is 0 Å². The summed E-state index contributed by atoms with van der Waals surface area (Å²) in [5, 5.41) is 18.8. The summed E-state index contributed by atoms with van der Waals surface area (Å²) in [6.45, 7) is 3.66. The van der Waals surface area contributed by atoms with Gasteiger partial charge in [0.2, 0.25) is 0 Å². The lowest BCUT2D eigenvalue weighted by molar-refractivity contribution is 0.274. The number of aromatic hydroxyl groups is 1. The normalized spacial score (nSPS) is 15.1. The number of phenols is 1. The largest absolute Gasteiger partial charge is 0.507 e. The van der Waals surface area contributed by atoms with Crippen LogP contribution in [0.5, 0.6) is 5.75 Å². The first kappa shape index (κ1) is 11.0. The zero-order valence-corrected chi connectivity index (χ0v) is 8.62. The lowest BCUT2D eigenvalue weighted by atomic mass is 9.88. The molecule has 1 unspecified atom stereocenters. The molecule has 0 aliphatic carbocycles. The van der Waals surface area contributed by atoms with Crippen molar-refractivity contribution in [3.05, 3.63) is 29.3 Å². The van der Waals surface area contributed by atoms with E-state index in [-0.39, 0.29) is 12.4 Å². The van der Waals surface area contributed by atoms with Gasteiger partial charge >= 0.3 is 0 Å². The number of rotatable bonds is 3. The molecule has 0 radical (unpaired) electrons. The predicted octanol–water partition coefficient (Wildman–Crippen LogP) is 1.47. The fourth-order valence-electron chi connectivity index (χ4n) is 1.37. The Balaban J connectivity index is 3.22. The van der Waals surface area contributed by atoms with Gasteiger partial charge in [-0.1, -0.05) is 25.1 Å². The van der Waals surface area contributed by atoms with Gasteiger partial charge in [0.05, 0.1) is 6.61 Å². The smallest absolute Gasteiger partial charge is 0.126 e. The Kier molecular flexibility index (Phi) is 3.13. The quantitative estimate of drug-likeness (QED) is 0.684. The maximum absolute atomic E-state index is 9.82. The summed E-state index contributed by atoms with van der Waals surface area (Å²) in [6, 6.07) is 5.27. The third-order valence-electron chi connectivity index (χ3n) is 2.64. The molecule has 0 heterocycles. The Labute approximate surface area is 84.2 Å². The molecule has 3 nitrogen and oxygen atoms in total. The number of hydrogen-bond donors (Lipinski definition) is 3. The van der Waals surface area contributed by atoms with Crippen molar-refractivity contribution < 1.29 is 10.2 Å². The van der Waals surface area contributed by atoms with Gasteiger partial charge in [0.1, 0.15) is 5.75 Å². The van der Waals surface area contributed by atoms with E-state index < -0.39 is 5.54 Å². The lowest BCUT2D eigenvalue weighted by Gasteiger charge is -2.25. The molecule has 0 spiro atoms. The van der Waals surface area contributed by atoms with Gasteiger partial charge in [0, 0.05) is 16.7 Å². The highest BCUT2D eigenvalue weighted by Crippen LogP contribution is 2.32. The highest BCUT2D eigenvalue weighted by atomic mass is 16.3. The van der Waals surface area contributed by atoms with Gasteiger partial charge in [-0.15, -0.1) is 0 Å². The van der Waals surface area contributed by atoms with Crippen LogP contribution in [-0.4, -0.2) is 10.2 Å². The van der Waals surface area contributed by atoms with Crippen molar-refractivity contribution in [3.8, 4) is 5.75 Å². The summed E-state index contributed by atoms with van der Waals surface area (Å²) >= 11 is 0. The monoisotopic (exact) mass is 195 g/mol. The number of aliphatic hydroxyl groups excluding tert-OH is 1. The van der Waals surface area contributed by atoms with Crippen LogP contribution in [0.3, 0.4) is 0 Å². The Bertz CT molecular complexity index is 321. The zero-order valence-electron chi connectivity index (χ0n) is 8.62. The van der Waals surface area contributed by atoms with Gasteiger partial charge in [0.15, 0.2) is 0 Å². The van der Waals surface area contributed by atoms with Crippen LogP contribution >= 0.6 is 0 Å². The predicted molar refractivity (Wildman–Crippen MR) is 55.9 cm³/mol. The molecule has 3 heteroatoms. The second-order valence-electron chi connectivity index (χ2n) is 3.74. The molecule has 0 bridgehead atoms. The van der Waals surface area contributed by atoms with Crippen LogP contribution in [0.4, 0.5) is 0 Å². The molecule has 1 rings (SSSR count). The van der Waals surface area contributed by atoms with E-state index in [4.69, 9.17) is 10.8 Å². The molecule has 0 aromatic heterocycles. The minimum atomic E-state index is -0.546. The average molecular weight is 195 g/mol. The van der Waals surface area contributed by atoms with E-state index in [1.54, 1.807) is 18.2 Å². The van der Waals surface area contributed by atoms with E-state index in [0.717, 1.165) is 6.42 Å². The van der Waals surface area contributed by atoms with Crippen molar-refractivity contribution >= 4 is 0 Å². The van der Waals surface area contributed by atoms with Gasteiger partial charge in [-0.25, -0.2) is 0 Å². The van der Waals surface area contributed by atoms with E-state index >= 15 is 0 Å². The molecule has 4 N–H and O–H groups in total. The second kappa shape index (κ2) is 3.98. The number of para-hydroxylation sites is 1. The molecule has 0 saturated carbocycles. The minimum Gasteiger partial charge on any atom is -0.507 e. The van der Waals surface area contributed by atoms with Crippen LogP contribution in [0.25, 0.3) is 0 Å². The Morgan fingerprint density at radius 3 is 2.57 bits per heavy atom. The number of hydrogen-bond acceptors (Lipinski definition) is 3. The zero-order chi connectivity index (χ0) is 10.8. The van der Waals surface area contributed by atoms with Crippen molar-refractivity contribution in [2.75, 3.05) is 0 Å². The van der Waals surface area contributed by atoms with Crippen LogP contribution < -0.4 is 5.73 Å². The number of nitrogens with two attached hydrogens (primary N) is 1. The Morgan fingerprint density at radius 1 is 1.43 bits per heavy atom. The summed E-state index contributed by atoms with van der Waals surface area (Å²) in [7, 11) is 0. The van der Waals surface area contributed by atoms with E-state index in [2.05, 4.69) is 0 Å². The van der Waals surface area contributed by atoms with E-state index in [9.17, 15) is 5.11 Å². The first-order valence-corrected chi connectivity index (χ1v) is 4.74. The first-order chi connectivity index (χ1) is 6.53. The Hall–Kier alpha value is -1.06. The SMILES string of the molecule is CCC(C)(N)c1cccc(CO)c1O.